The molecule has 0 aliphatic carbocycles. The lowest BCUT2D eigenvalue weighted by Crippen LogP contribution is -2.56. The topological polar surface area (TPSA) is 43.9 Å². The van der Waals surface area contributed by atoms with Crippen molar-refractivity contribution in [1.29, 1.82) is 0 Å². The molecular formula is C22H29N3O2. The van der Waals surface area contributed by atoms with Crippen molar-refractivity contribution in [2.24, 2.45) is 11.8 Å². The minimum Gasteiger partial charge on any atom is -0.342 e. The summed E-state index contributed by atoms with van der Waals surface area (Å²) in [6, 6.07) is 8.46. The van der Waals surface area contributed by atoms with Crippen LogP contribution in [0.25, 0.3) is 0 Å². The van der Waals surface area contributed by atoms with Gasteiger partial charge in [-0.1, -0.05) is 25.1 Å². The molecule has 3 saturated heterocycles. The molecule has 3 atom stereocenters. The van der Waals surface area contributed by atoms with Gasteiger partial charge in [0.05, 0.1) is 5.92 Å². The summed E-state index contributed by atoms with van der Waals surface area (Å²) < 4.78 is 0. The van der Waals surface area contributed by atoms with Crippen LogP contribution < -0.4 is 4.90 Å². The molecule has 0 bridgehead atoms. The SMILES string of the molecule is CC1CCN(C(=O)C2CC3CCCN3C23C(=O)N(C)c2ccccc23)CC1. The van der Waals surface area contributed by atoms with Crippen molar-refractivity contribution in [3.8, 4) is 0 Å². The number of rotatable bonds is 1. The quantitative estimate of drug-likeness (QED) is 0.766. The number of piperidine rings is 1. The second-order valence-corrected chi connectivity index (χ2v) is 8.93. The van der Waals surface area contributed by atoms with Gasteiger partial charge < -0.3 is 9.80 Å². The third kappa shape index (κ3) is 2.21. The summed E-state index contributed by atoms with van der Waals surface area (Å²) in [6.45, 7) is 4.85. The molecular weight excluding hydrogens is 338 g/mol. The predicted molar refractivity (Wildman–Crippen MR) is 104 cm³/mol. The number of benzene rings is 1. The van der Waals surface area contributed by atoms with Crippen LogP contribution in [-0.4, -0.2) is 54.3 Å². The summed E-state index contributed by atoms with van der Waals surface area (Å²) in [4.78, 5) is 33.6. The van der Waals surface area contributed by atoms with Crippen LogP contribution >= 0.6 is 0 Å². The summed E-state index contributed by atoms with van der Waals surface area (Å²) in [5.74, 6) is 0.732. The van der Waals surface area contributed by atoms with Gasteiger partial charge in [-0.05, 0) is 50.6 Å². The Morgan fingerprint density at radius 2 is 1.85 bits per heavy atom. The van der Waals surface area contributed by atoms with E-state index in [-0.39, 0.29) is 17.7 Å². The van der Waals surface area contributed by atoms with Crippen LogP contribution in [0.2, 0.25) is 0 Å². The van der Waals surface area contributed by atoms with Crippen molar-refractivity contribution >= 4 is 17.5 Å². The molecule has 27 heavy (non-hydrogen) atoms. The fourth-order valence-electron chi connectivity index (χ4n) is 6.10. The molecule has 3 fully saturated rings. The van der Waals surface area contributed by atoms with Gasteiger partial charge in [0.15, 0.2) is 0 Å². The normalized spacial score (nSPS) is 33.8. The molecule has 4 aliphatic heterocycles. The highest BCUT2D eigenvalue weighted by Gasteiger charge is 2.67. The Labute approximate surface area is 161 Å². The van der Waals surface area contributed by atoms with Gasteiger partial charge in [0, 0.05) is 37.4 Å². The molecule has 5 rings (SSSR count). The molecule has 0 aromatic heterocycles. The first kappa shape index (κ1) is 17.2. The molecule has 5 heteroatoms. The summed E-state index contributed by atoms with van der Waals surface area (Å²) in [7, 11) is 1.86. The Hall–Kier alpha value is -1.88. The summed E-state index contributed by atoms with van der Waals surface area (Å²) in [5, 5.41) is 0. The van der Waals surface area contributed by atoms with Crippen molar-refractivity contribution in [1.82, 2.24) is 9.80 Å². The molecule has 5 nitrogen and oxygen atoms in total. The van der Waals surface area contributed by atoms with E-state index in [0.717, 1.165) is 63.0 Å². The van der Waals surface area contributed by atoms with Gasteiger partial charge in [0.2, 0.25) is 5.91 Å². The fourth-order valence-corrected chi connectivity index (χ4v) is 6.10. The molecule has 0 N–H and O–H groups in total. The summed E-state index contributed by atoms with van der Waals surface area (Å²) in [6.07, 6.45) is 5.18. The Balaban J connectivity index is 1.60. The average Bonchev–Trinajstić information content (AvgIpc) is 3.32. The van der Waals surface area contributed by atoms with Crippen molar-refractivity contribution in [2.75, 3.05) is 31.6 Å². The molecule has 1 aromatic carbocycles. The van der Waals surface area contributed by atoms with Crippen molar-refractivity contribution in [3.05, 3.63) is 29.8 Å². The number of carbonyl (C=O) groups is 2. The van der Waals surface area contributed by atoms with Gasteiger partial charge in [-0.2, -0.15) is 0 Å². The molecule has 0 radical (unpaired) electrons. The lowest BCUT2D eigenvalue weighted by atomic mass is 9.77. The average molecular weight is 367 g/mol. The third-order valence-corrected chi connectivity index (χ3v) is 7.54. The van der Waals surface area contributed by atoms with Crippen LogP contribution in [0.5, 0.6) is 0 Å². The van der Waals surface area contributed by atoms with Crippen molar-refractivity contribution < 1.29 is 9.59 Å². The maximum atomic E-state index is 13.7. The number of anilines is 1. The number of amides is 2. The van der Waals surface area contributed by atoms with Crippen LogP contribution in [0.1, 0.15) is 44.6 Å². The fraction of sp³-hybridized carbons (Fsp3) is 0.636. The van der Waals surface area contributed by atoms with Crippen molar-refractivity contribution in [2.45, 2.75) is 50.6 Å². The predicted octanol–water partition coefficient (Wildman–Crippen LogP) is 2.60. The standard InChI is InChI=1S/C22H29N3O2/c1-15-9-12-24(13-10-15)20(26)18-14-16-6-5-11-25(16)22(18)17-7-3-4-8-19(17)23(2)21(22)27/h3-4,7-8,15-16,18H,5-6,9-14H2,1-2H3. The van der Waals surface area contributed by atoms with Crippen LogP contribution in [-0.2, 0) is 15.1 Å². The van der Waals surface area contributed by atoms with E-state index < -0.39 is 5.54 Å². The van der Waals surface area contributed by atoms with Gasteiger partial charge in [-0.15, -0.1) is 0 Å². The zero-order chi connectivity index (χ0) is 18.8. The van der Waals surface area contributed by atoms with Gasteiger partial charge in [0.1, 0.15) is 5.54 Å². The van der Waals surface area contributed by atoms with E-state index in [9.17, 15) is 9.59 Å². The van der Waals surface area contributed by atoms with Gasteiger partial charge in [0.25, 0.3) is 5.91 Å². The van der Waals surface area contributed by atoms with E-state index in [4.69, 9.17) is 0 Å². The highest BCUT2D eigenvalue weighted by Crippen LogP contribution is 2.57. The Morgan fingerprint density at radius 1 is 1.11 bits per heavy atom. The molecule has 4 aliphatic rings. The second-order valence-electron chi connectivity index (χ2n) is 8.93. The van der Waals surface area contributed by atoms with E-state index in [1.54, 1.807) is 4.90 Å². The van der Waals surface area contributed by atoms with Gasteiger partial charge in [-0.25, -0.2) is 0 Å². The van der Waals surface area contributed by atoms with Crippen LogP contribution in [0, 0.1) is 11.8 Å². The number of hydrogen-bond donors (Lipinski definition) is 0. The number of carbonyl (C=O) groups excluding carboxylic acids is 2. The zero-order valence-corrected chi connectivity index (χ0v) is 16.4. The largest absolute Gasteiger partial charge is 0.342 e. The van der Waals surface area contributed by atoms with Crippen molar-refractivity contribution in [3.63, 3.8) is 0 Å². The molecule has 0 saturated carbocycles. The number of likely N-dealkylation sites (N-methyl/N-ethyl adjacent to an activating group) is 1. The molecule has 144 valence electrons. The Bertz CT molecular complexity index is 786. The van der Waals surface area contributed by atoms with E-state index in [1.165, 1.54) is 0 Å². The lowest BCUT2D eigenvalue weighted by molar-refractivity contribution is -0.146. The summed E-state index contributed by atoms with van der Waals surface area (Å²) in [5.41, 5.74) is 1.23. The van der Waals surface area contributed by atoms with Crippen LogP contribution in [0.4, 0.5) is 5.69 Å². The smallest absolute Gasteiger partial charge is 0.252 e. The first-order valence-electron chi connectivity index (χ1n) is 10.5. The maximum absolute atomic E-state index is 13.7. The number of nitrogens with zero attached hydrogens (tertiary/aromatic N) is 3. The minimum atomic E-state index is -0.785. The highest BCUT2D eigenvalue weighted by molar-refractivity contribution is 6.10. The summed E-state index contributed by atoms with van der Waals surface area (Å²) >= 11 is 0. The molecule has 2 amide bonds. The Kier molecular flexibility index (Phi) is 3.87. The molecule has 4 heterocycles. The van der Waals surface area contributed by atoms with Gasteiger partial charge in [-0.3, -0.25) is 14.5 Å². The van der Waals surface area contributed by atoms with Crippen LogP contribution in [0.15, 0.2) is 24.3 Å². The van der Waals surface area contributed by atoms with E-state index >= 15 is 0 Å². The maximum Gasteiger partial charge on any atom is 0.252 e. The number of hydrogen-bond acceptors (Lipinski definition) is 3. The molecule has 1 spiro atoms. The number of para-hydroxylation sites is 1. The Morgan fingerprint density at radius 3 is 2.63 bits per heavy atom. The number of fused-ring (bicyclic) bond motifs is 4. The van der Waals surface area contributed by atoms with E-state index in [0.29, 0.717) is 12.0 Å². The van der Waals surface area contributed by atoms with Crippen LogP contribution in [0.3, 0.4) is 0 Å². The van der Waals surface area contributed by atoms with E-state index in [1.807, 2.05) is 30.1 Å². The first-order chi connectivity index (χ1) is 13.0. The second kappa shape index (κ2) is 6.06. The first-order valence-corrected chi connectivity index (χ1v) is 10.5. The highest BCUT2D eigenvalue weighted by atomic mass is 16.2. The lowest BCUT2D eigenvalue weighted by Gasteiger charge is -2.40. The number of likely N-dealkylation sites (tertiary alicyclic amines) is 1. The molecule has 1 aromatic rings. The zero-order valence-electron chi connectivity index (χ0n) is 16.4. The molecule has 3 unspecified atom stereocenters. The monoisotopic (exact) mass is 367 g/mol. The van der Waals surface area contributed by atoms with E-state index in [2.05, 4.69) is 17.9 Å². The minimum absolute atomic E-state index is 0.0943. The third-order valence-electron chi connectivity index (χ3n) is 7.54. The van der Waals surface area contributed by atoms with Gasteiger partial charge >= 0.3 is 0 Å².